The fraction of sp³-hybridized carbons (Fsp3) is 0.556. The molecule has 0 spiro atoms. The number of halogens is 1. The lowest BCUT2D eigenvalue weighted by atomic mass is 9.55. The molecule has 2 bridgehead atoms. The second-order valence-corrected chi connectivity index (χ2v) is 7.78. The van der Waals surface area contributed by atoms with Crippen molar-refractivity contribution >= 4 is 28.3 Å². The Morgan fingerprint density at radius 3 is 2.48 bits per heavy atom. The third-order valence-electron chi connectivity index (χ3n) is 6.23. The minimum atomic E-state index is 0.173. The summed E-state index contributed by atoms with van der Waals surface area (Å²) in [6, 6.07) is 6.35. The number of hydrogen-bond acceptors (Lipinski definition) is 4. The maximum Gasteiger partial charge on any atom is 0.155 e. The van der Waals surface area contributed by atoms with Crippen molar-refractivity contribution in [3.8, 4) is 0 Å². The van der Waals surface area contributed by atoms with Crippen molar-refractivity contribution in [1.29, 1.82) is 0 Å². The van der Waals surface area contributed by atoms with Gasteiger partial charge >= 0.3 is 0 Å². The maximum atomic E-state index is 6.26. The molecule has 3 aliphatic carbocycles. The van der Waals surface area contributed by atoms with Gasteiger partial charge in [0.1, 0.15) is 11.3 Å². The van der Waals surface area contributed by atoms with Gasteiger partial charge < -0.3 is 11.1 Å². The molecule has 1 atom stereocenters. The lowest BCUT2D eigenvalue weighted by molar-refractivity contribution is 0.0367. The summed E-state index contributed by atoms with van der Waals surface area (Å²) in [6.45, 7) is 2.17. The smallest absolute Gasteiger partial charge is 0.155 e. The van der Waals surface area contributed by atoms with Gasteiger partial charge in [0, 0.05) is 23.2 Å². The number of fused-ring (bicyclic) bond motifs is 4. The summed E-state index contributed by atoms with van der Waals surface area (Å²) < 4.78 is 0. The molecule has 2 aromatic heterocycles. The van der Waals surface area contributed by atoms with Crippen molar-refractivity contribution in [2.75, 3.05) is 5.32 Å². The van der Waals surface area contributed by atoms with Crippen molar-refractivity contribution in [3.63, 3.8) is 0 Å². The molecule has 0 aromatic carbocycles. The predicted octanol–water partition coefficient (Wildman–Crippen LogP) is 4.14. The first kappa shape index (κ1) is 15.2. The molecular weight excluding hydrogens is 308 g/mol. The molecule has 2 heterocycles. The van der Waals surface area contributed by atoms with Crippen LogP contribution in [-0.2, 0) is 0 Å². The van der Waals surface area contributed by atoms with E-state index in [4.69, 9.17) is 22.3 Å². The summed E-state index contributed by atoms with van der Waals surface area (Å²) >= 11 is 6.19. The lowest BCUT2D eigenvalue weighted by Crippen LogP contribution is -2.55. The first-order chi connectivity index (χ1) is 11.0. The van der Waals surface area contributed by atoms with Crippen LogP contribution in [0.25, 0.3) is 10.9 Å². The van der Waals surface area contributed by atoms with E-state index in [1.165, 1.54) is 38.5 Å². The summed E-state index contributed by atoms with van der Waals surface area (Å²) in [6.07, 6.45) is 8.89. The van der Waals surface area contributed by atoms with Gasteiger partial charge in [-0.1, -0.05) is 11.6 Å². The molecule has 0 aliphatic heterocycles. The Balaban J connectivity index is 1.59. The summed E-state index contributed by atoms with van der Waals surface area (Å²) in [5.74, 6) is 0.905. The van der Waals surface area contributed by atoms with Crippen LogP contribution in [0.1, 0.15) is 45.4 Å². The van der Waals surface area contributed by atoms with E-state index in [0.29, 0.717) is 16.6 Å². The molecule has 5 heteroatoms. The molecule has 3 saturated carbocycles. The monoisotopic (exact) mass is 330 g/mol. The minimum Gasteiger partial charge on any atom is -0.365 e. The van der Waals surface area contributed by atoms with Crippen molar-refractivity contribution < 1.29 is 0 Å². The van der Waals surface area contributed by atoms with Crippen LogP contribution in [0, 0.1) is 5.41 Å². The SMILES string of the molecule is C[C@H](N)C12CCC(Nc3ccc4ccnc(Cl)c4n3)(CC1)CC2. The van der Waals surface area contributed by atoms with Crippen LogP contribution in [0.3, 0.4) is 0 Å². The van der Waals surface area contributed by atoms with Crippen molar-refractivity contribution in [2.45, 2.75) is 57.0 Å². The summed E-state index contributed by atoms with van der Waals surface area (Å²) in [7, 11) is 0. The molecule has 0 amide bonds. The number of anilines is 1. The Labute approximate surface area is 141 Å². The highest BCUT2D eigenvalue weighted by atomic mass is 35.5. The summed E-state index contributed by atoms with van der Waals surface area (Å²) in [4.78, 5) is 8.83. The van der Waals surface area contributed by atoms with Gasteiger partial charge in [-0.15, -0.1) is 0 Å². The molecule has 3 aliphatic rings. The highest BCUT2D eigenvalue weighted by molar-refractivity contribution is 6.33. The van der Waals surface area contributed by atoms with Crippen molar-refractivity contribution in [1.82, 2.24) is 9.97 Å². The second kappa shape index (κ2) is 5.32. The van der Waals surface area contributed by atoms with Crippen LogP contribution < -0.4 is 11.1 Å². The zero-order valence-electron chi connectivity index (χ0n) is 13.5. The van der Waals surface area contributed by atoms with Gasteiger partial charge in [0.25, 0.3) is 0 Å². The Hall–Kier alpha value is -1.39. The average Bonchev–Trinajstić information content (AvgIpc) is 2.57. The summed E-state index contributed by atoms with van der Waals surface area (Å²) in [5.41, 5.74) is 7.57. The van der Waals surface area contributed by atoms with Gasteiger partial charge in [0.15, 0.2) is 5.15 Å². The standard InChI is InChI=1S/C18H23ClN4/c1-12(20)17-5-8-18(9-6-17,10-7-17)23-14-3-2-13-4-11-21-16(19)15(13)22-14/h2-4,11-12H,5-10,20H2,1H3,(H,22,23)/t12-,17?,18?/m0/s1. The number of nitrogens with zero attached hydrogens (tertiary/aromatic N) is 2. The van der Waals surface area contributed by atoms with Crippen LogP contribution in [0.15, 0.2) is 24.4 Å². The third-order valence-corrected chi connectivity index (χ3v) is 6.50. The molecule has 23 heavy (non-hydrogen) atoms. The van der Waals surface area contributed by atoms with E-state index in [9.17, 15) is 0 Å². The zero-order valence-corrected chi connectivity index (χ0v) is 14.2. The van der Waals surface area contributed by atoms with E-state index in [2.05, 4.69) is 29.4 Å². The van der Waals surface area contributed by atoms with Gasteiger partial charge in [0.05, 0.1) is 0 Å². The van der Waals surface area contributed by atoms with Crippen LogP contribution in [0.4, 0.5) is 5.82 Å². The molecule has 2 aromatic rings. The molecule has 0 unspecified atom stereocenters. The molecule has 0 radical (unpaired) electrons. The molecule has 3 fully saturated rings. The summed E-state index contributed by atoms with van der Waals surface area (Å²) in [5, 5.41) is 5.21. The predicted molar refractivity (Wildman–Crippen MR) is 94.7 cm³/mol. The number of pyridine rings is 2. The Kier molecular flexibility index (Phi) is 3.50. The number of rotatable bonds is 3. The quantitative estimate of drug-likeness (QED) is 0.830. The topological polar surface area (TPSA) is 63.8 Å². The molecule has 122 valence electrons. The van der Waals surface area contributed by atoms with Crippen LogP contribution in [-0.4, -0.2) is 21.5 Å². The third kappa shape index (κ3) is 2.48. The van der Waals surface area contributed by atoms with E-state index < -0.39 is 0 Å². The highest BCUT2D eigenvalue weighted by Crippen LogP contribution is 2.54. The maximum absolute atomic E-state index is 6.26. The van der Waals surface area contributed by atoms with Gasteiger partial charge in [0.2, 0.25) is 0 Å². The fourth-order valence-corrected chi connectivity index (χ4v) is 4.65. The van der Waals surface area contributed by atoms with Gasteiger partial charge in [-0.25, -0.2) is 9.97 Å². The first-order valence-electron chi connectivity index (χ1n) is 8.47. The van der Waals surface area contributed by atoms with E-state index >= 15 is 0 Å². The number of nitrogens with one attached hydrogen (secondary N) is 1. The lowest BCUT2D eigenvalue weighted by Gasteiger charge is -2.55. The van der Waals surface area contributed by atoms with Crippen LogP contribution in [0.5, 0.6) is 0 Å². The number of hydrogen-bond donors (Lipinski definition) is 2. The molecule has 0 saturated heterocycles. The Bertz CT molecular complexity index is 718. The minimum absolute atomic E-state index is 0.173. The van der Waals surface area contributed by atoms with E-state index in [1.54, 1.807) is 6.20 Å². The molecule has 4 nitrogen and oxygen atoms in total. The molecular formula is C18H23ClN4. The van der Waals surface area contributed by atoms with Gasteiger partial charge in [-0.05, 0) is 69.1 Å². The van der Waals surface area contributed by atoms with E-state index in [-0.39, 0.29) is 5.54 Å². The first-order valence-corrected chi connectivity index (χ1v) is 8.85. The Morgan fingerprint density at radius 2 is 1.83 bits per heavy atom. The normalized spacial score (nSPS) is 31.3. The van der Waals surface area contributed by atoms with Gasteiger partial charge in [-0.3, -0.25) is 0 Å². The average molecular weight is 331 g/mol. The Morgan fingerprint density at radius 1 is 1.13 bits per heavy atom. The molecule has 5 rings (SSSR count). The van der Waals surface area contributed by atoms with E-state index in [1.807, 2.05) is 6.07 Å². The van der Waals surface area contributed by atoms with E-state index in [0.717, 1.165) is 16.7 Å². The highest BCUT2D eigenvalue weighted by Gasteiger charge is 2.50. The fourth-order valence-electron chi connectivity index (χ4n) is 4.44. The van der Waals surface area contributed by atoms with Crippen molar-refractivity contribution in [2.24, 2.45) is 11.1 Å². The van der Waals surface area contributed by atoms with Gasteiger partial charge in [-0.2, -0.15) is 0 Å². The zero-order chi connectivity index (χ0) is 16.1. The van der Waals surface area contributed by atoms with Crippen molar-refractivity contribution in [3.05, 3.63) is 29.5 Å². The second-order valence-electron chi connectivity index (χ2n) is 7.43. The largest absolute Gasteiger partial charge is 0.365 e. The van der Waals surface area contributed by atoms with Crippen LogP contribution >= 0.6 is 11.6 Å². The number of nitrogens with two attached hydrogens (primary N) is 1. The molecule has 3 N–H and O–H groups in total. The number of aromatic nitrogens is 2. The van der Waals surface area contributed by atoms with Crippen LogP contribution in [0.2, 0.25) is 5.15 Å².